The summed E-state index contributed by atoms with van der Waals surface area (Å²) in [6, 6.07) is 8.05. The van der Waals surface area contributed by atoms with Crippen molar-refractivity contribution in [2.45, 2.75) is 45.4 Å². The fourth-order valence-electron chi connectivity index (χ4n) is 3.39. The summed E-state index contributed by atoms with van der Waals surface area (Å²) in [6.07, 6.45) is 9.43. The van der Waals surface area contributed by atoms with Crippen molar-refractivity contribution in [2.75, 3.05) is 11.9 Å². The molecular weight excluding hydrogens is 298 g/mol. The molecule has 0 unspecified atom stereocenters. The molecule has 0 amide bonds. The Morgan fingerprint density at radius 3 is 2.92 bits per heavy atom. The van der Waals surface area contributed by atoms with E-state index in [1.807, 2.05) is 18.2 Å². The fraction of sp³-hybridized carbons (Fsp3) is 0.400. The number of rotatable bonds is 5. The Morgan fingerprint density at radius 2 is 2.08 bits per heavy atom. The van der Waals surface area contributed by atoms with E-state index in [1.165, 1.54) is 25.7 Å². The Bertz CT molecular complexity index is 894. The number of anilines is 1. The van der Waals surface area contributed by atoms with Gasteiger partial charge in [-0.25, -0.2) is 9.97 Å². The number of benzene rings is 1. The molecule has 0 aliphatic heterocycles. The van der Waals surface area contributed by atoms with Crippen LogP contribution < -0.4 is 5.32 Å². The third-order valence-corrected chi connectivity index (χ3v) is 4.71. The summed E-state index contributed by atoms with van der Waals surface area (Å²) in [5, 5.41) is 4.54. The lowest BCUT2D eigenvalue weighted by molar-refractivity contribution is 0.663. The van der Waals surface area contributed by atoms with Crippen LogP contribution in [0, 0.1) is 0 Å². The summed E-state index contributed by atoms with van der Waals surface area (Å²) in [6.45, 7) is 2.97. The monoisotopic (exact) mass is 321 g/mol. The van der Waals surface area contributed by atoms with Gasteiger partial charge in [-0.1, -0.05) is 30.7 Å². The highest BCUT2D eigenvalue weighted by Gasteiger charge is 2.15. The Balaban J connectivity index is 1.64. The molecule has 0 saturated heterocycles. The number of aryl methyl sites for hydroxylation is 1. The van der Waals surface area contributed by atoms with Gasteiger partial charge in [-0.05, 0) is 44.2 Å². The number of para-hydroxylation sites is 1. The number of hydrogen-bond acceptors (Lipinski definition) is 4. The van der Waals surface area contributed by atoms with Crippen LogP contribution in [0.3, 0.4) is 0 Å². The lowest BCUT2D eigenvalue weighted by atomic mass is 9.97. The van der Waals surface area contributed by atoms with E-state index in [0.717, 1.165) is 53.1 Å². The molecule has 4 rings (SSSR count). The van der Waals surface area contributed by atoms with Gasteiger partial charge in [-0.3, -0.25) is 0 Å². The molecule has 1 aromatic carbocycles. The maximum atomic E-state index is 6.02. The van der Waals surface area contributed by atoms with E-state index in [1.54, 1.807) is 5.57 Å². The third kappa shape index (κ3) is 2.88. The highest BCUT2D eigenvalue weighted by Crippen LogP contribution is 2.31. The van der Waals surface area contributed by atoms with E-state index in [0.29, 0.717) is 0 Å². The van der Waals surface area contributed by atoms with Crippen molar-refractivity contribution < 1.29 is 4.42 Å². The molecule has 124 valence electrons. The number of fused-ring (bicyclic) bond motifs is 3. The fourth-order valence-corrected chi connectivity index (χ4v) is 3.39. The SMILES string of the molecule is CCc1nc(NCCC2=CCCCC2)c2oc3ccccc3c2n1. The second-order valence-corrected chi connectivity index (χ2v) is 6.40. The first-order valence-corrected chi connectivity index (χ1v) is 8.95. The number of hydrogen-bond donors (Lipinski definition) is 1. The van der Waals surface area contributed by atoms with E-state index >= 15 is 0 Å². The Labute approximate surface area is 142 Å². The Morgan fingerprint density at radius 1 is 1.17 bits per heavy atom. The van der Waals surface area contributed by atoms with Crippen LogP contribution in [-0.2, 0) is 6.42 Å². The summed E-state index contributed by atoms with van der Waals surface area (Å²) in [5.74, 6) is 1.68. The predicted octanol–water partition coefficient (Wildman–Crippen LogP) is 5.24. The van der Waals surface area contributed by atoms with Gasteiger partial charge >= 0.3 is 0 Å². The van der Waals surface area contributed by atoms with Crippen LogP contribution in [0.2, 0.25) is 0 Å². The van der Waals surface area contributed by atoms with Gasteiger partial charge < -0.3 is 9.73 Å². The van der Waals surface area contributed by atoms with Crippen molar-refractivity contribution in [2.24, 2.45) is 0 Å². The number of aromatic nitrogens is 2. The largest absolute Gasteiger partial charge is 0.450 e. The van der Waals surface area contributed by atoms with Gasteiger partial charge in [0, 0.05) is 18.4 Å². The van der Waals surface area contributed by atoms with Gasteiger partial charge in [-0.2, -0.15) is 0 Å². The maximum Gasteiger partial charge on any atom is 0.196 e. The van der Waals surface area contributed by atoms with E-state index in [4.69, 9.17) is 4.42 Å². The summed E-state index contributed by atoms with van der Waals surface area (Å²) in [5.41, 5.74) is 4.12. The molecular formula is C20H23N3O. The summed E-state index contributed by atoms with van der Waals surface area (Å²) in [7, 11) is 0. The molecule has 1 N–H and O–H groups in total. The van der Waals surface area contributed by atoms with Gasteiger partial charge in [0.15, 0.2) is 11.4 Å². The van der Waals surface area contributed by atoms with Crippen LogP contribution in [-0.4, -0.2) is 16.5 Å². The second-order valence-electron chi connectivity index (χ2n) is 6.40. The molecule has 4 nitrogen and oxygen atoms in total. The smallest absolute Gasteiger partial charge is 0.196 e. The van der Waals surface area contributed by atoms with E-state index in [9.17, 15) is 0 Å². The average Bonchev–Trinajstić information content (AvgIpc) is 3.01. The molecule has 0 spiro atoms. The van der Waals surface area contributed by atoms with Crippen molar-refractivity contribution in [1.82, 2.24) is 9.97 Å². The van der Waals surface area contributed by atoms with Crippen LogP contribution in [0.5, 0.6) is 0 Å². The number of nitrogens with one attached hydrogen (secondary N) is 1. The minimum Gasteiger partial charge on any atom is -0.450 e. The zero-order valence-electron chi connectivity index (χ0n) is 14.1. The first-order valence-electron chi connectivity index (χ1n) is 8.95. The highest BCUT2D eigenvalue weighted by atomic mass is 16.3. The first kappa shape index (κ1) is 15.2. The van der Waals surface area contributed by atoms with Crippen molar-refractivity contribution >= 4 is 27.9 Å². The third-order valence-electron chi connectivity index (χ3n) is 4.71. The summed E-state index contributed by atoms with van der Waals surface area (Å²) >= 11 is 0. The van der Waals surface area contributed by atoms with Gasteiger partial charge in [0.25, 0.3) is 0 Å². The summed E-state index contributed by atoms with van der Waals surface area (Å²) < 4.78 is 6.02. The molecule has 1 aliphatic rings. The van der Waals surface area contributed by atoms with Crippen LogP contribution in [0.15, 0.2) is 40.3 Å². The normalized spacial score (nSPS) is 15.0. The standard InChI is InChI=1S/C20H23N3O/c1-2-17-22-18-15-10-6-7-11-16(15)24-19(18)20(23-17)21-13-12-14-8-4-3-5-9-14/h6-8,10-11H,2-5,9,12-13H2,1H3,(H,21,22,23). The maximum absolute atomic E-state index is 6.02. The first-order chi connectivity index (χ1) is 11.8. The number of nitrogens with zero attached hydrogens (tertiary/aromatic N) is 2. The van der Waals surface area contributed by atoms with Crippen molar-refractivity contribution in [1.29, 1.82) is 0 Å². The molecule has 1 aliphatic carbocycles. The van der Waals surface area contributed by atoms with Gasteiger partial charge in [-0.15, -0.1) is 0 Å². The Hall–Kier alpha value is -2.36. The van der Waals surface area contributed by atoms with Gasteiger partial charge in [0.1, 0.15) is 16.9 Å². The zero-order valence-corrected chi connectivity index (χ0v) is 14.1. The lowest BCUT2D eigenvalue weighted by Gasteiger charge is -2.13. The molecule has 24 heavy (non-hydrogen) atoms. The topological polar surface area (TPSA) is 51.0 Å². The van der Waals surface area contributed by atoms with Crippen molar-refractivity contribution in [3.8, 4) is 0 Å². The zero-order chi connectivity index (χ0) is 16.4. The highest BCUT2D eigenvalue weighted by molar-refractivity contribution is 6.05. The molecule has 0 saturated carbocycles. The van der Waals surface area contributed by atoms with Crippen molar-refractivity contribution in [3.05, 3.63) is 41.7 Å². The van der Waals surface area contributed by atoms with E-state index in [2.05, 4.69) is 34.4 Å². The lowest BCUT2D eigenvalue weighted by Crippen LogP contribution is -2.07. The molecule has 3 aromatic rings. The number of allylic oxidation sites excluding steroid dienone is 1. The van der Waals surface area contributed by atoms with Crippen LogP contribution >= 0.6 is 0 Å². The van der Waals surface area contributed by atoms with Crippen LogP contribution in [0.25, 0.3) is 22.1 Å². The molecule has 2 heterocycles. The molecule has 0 radical (unpaired) electrons. The minimum atomic E-state index is 0.769. The van der Waals surface area contributed by atoms with Gasteiger partial charge in [0.05, 0.1) is 0 Å². The Kier molecular flexibility index (Phi) is 4.20. The average molecular weight is 321 g/mol. The predicted molar refractivity (Wildman–Crippen MR) is 98.3 cm³/mol. The van der Waals surface area contributed by atoms with Crippen LogP contribution in [0.4, 0.5) is 5.82 Å². The van der Waals surface area contributed by atoms with E-state index in [-0.39, 0.29) is 0 Å². The molecule has 2 aromatic heterocycles. The van der Waals surface area contributed by atoms with Crippen molar-refractivity contribution in [3.63, 3.8) is 0 Å². The minimum absolute atomic E-state index is 0.769. The van der Waals surface area contributed by atoms with Crippen LogP contribution in [0.1, 0.15) is 44.9 Å². The molecule has 0 bridgehead atoms. The number of furan rings is 1. The molecule has 4 heteroatoms. The summed E-state index contributed by atoms with van der Waals surface area (Å²) in [4.78, 5) is 9.35. The quantitative estimate of drug-likeness (QED) is 0.653. The van der Waals surface area contributed by atoms with E-state index < -0.39 is 0 Å². The second kappa shape index (κ2) is 6.63. The molecule has 0 atom stereocenters. The molecule has 0 fully saturated rings. The van der Waals surface area contributed by atoms with Gasteiger partial charge in [0.2, 0.25) is 0 Å².